The van der Waals surface area contributed by atoms with Gasteiger partial charge in [0.05, 0.1) is 12.8 Å². The van der Waals surface area contributed by atoms with Crippen LogP contribution in [0.1, 0.15) is 5.69 Å². The summed E-state index contributed by atoms with van der Waals surface area (Å²) in [4.78, 5) is 7.98. The van der Waals surface area contributed by atoms with Crippen molar-refractivity contribution in [2.45, 2.75) is 6.92 Å². The molecule has 0 aliphatic carbocycles. The molecule has 2 rings (SSSR count). The lowest BCUT2D eigenvalue weighted by molar-refractivity contribution is 0.408. The predicted octanol–water partition coefficient (Wildman–Crippen LogP) is 2.50. The number of aromatic nitrogens is 2. The Hall–Kier alpha value is -2.30. The summed E-state index contributed by atoms with van der Waals surface area (Å²) in [6.45, 7) is 1.86. The summed E-state index contributed by atoms with van der Waals surface area (Å²) in [6, 6.07) is 6.70. The van der Waals surface area contributed by atoms with Crippen molar-refractivity contribution in [3.05, 3.63) is 36.3 Å². The van der Waals surface area contributed by atoms with E-state index in [2.05, 4.69) is 9.97 Å². The Labute approximate surface area is 99.2 Å². The first-order chi connectivity index (χ1) is 8.19. The number of benzene rings is 1. The van der Waals surface area contributed by atoms with Crippen LogP contribution in [-0.4, -0.2) is 17.1 Å². The molecule has 0 unspecified atom stereocenters. The Morgan fingerprint density at radius 1 is 1.18 bits per heavy atom. The van der Waals surface area contributed by atoms with Gasteiger partial charge in [0.15, 0.2) is 0 Å². The Morgan fingerprint density at radius 2 is 2.00 bits per heavy atom. The third kappa shape index (κ3) is 2.63. The minimum Gasteiger partial charge on any atom is -0.494 e. The number of rotatable bonds is 3. The minimum atomic E-state index is 0.318. The molecule has 5 heteroatoms. The van der Waals surface area contributed by atoms with E-state index in [1.54, 1.807) is 24.3 Å². The molecule has 0 spiro atoms. The molecule has 17 heavy (non-hydrogen) atoms. The van der Waals surface area contributed by atoms with Crippen LogP contribution in [0.2, 0.25) is 0 Å². The molecule has 0 saturated heterocycles. The van der Waals surface area contributed by atoms with Gasteiger partial charge in [-0.05, 0) is 19.1 Å². The molecule has 1 heterocycles. The van der Waals surface area contributed by atoms with Crippen molar-refractivity contribution in [3.8, 4) is 17.4 Å². The zero-order valence-corrected chi connectivity index (χ0v) is 9.60. The Balaban J connectivity index is 2.24. The number of methoxy groups -OCH3 is 1. The highest BCUT2D eigenvalue weighted by molar-refractivity contribution is 5.53. The lowest BCUT2D eigenvalue weighted by atomic mass is 10.3. The maximum Gasteiger partial charge on any atom is 0.222 e. The normalized spacial score (nSPS) is 10.0. The van der Waals surface area contributed by atoms with E-state index in [4.69, 9.17) is 15.2 Å². The Morgan fingerprint density at radius 3 is 2.71 bits per heavy atom. The van der Waals surface area contributed by atoms with Crippen molar-refractivity contribution in [2.75, 3.05) is 7.11 Å². The number of nitrogens with one attached hydrogen (secondary N) is 1. The van der Waals surface area contributed by atoms with Gasteiger partial charge in [-0.2, -0.15) is 0 Å². The van der Waals surface area contributed by atoms with Crippen molar-refractivity contribution in [3.63, 3.8) is 0 Å². The summed E-state index contributed by atoms with van der Waals surface area (Å²) < 4.78 is 10.6. The zero-order valence-electron chi connectivity index (χ0n) is 9.60. The highest BCUT2D eigenvalue weighted by atomic mass is 16.5. The second-order valence-corrected chi connectivity index (χ2v) is 3.46. The number of aryl methyl sites for hydroxylation is 1. The summed E-state index contributed by atoms with van der Waals surface area (Å²) >= 11 is 0. The molecule has 0 saturated carbocycles. The van der Waals surface area contributed by atoms with Crippen molar-refractivity contribution in [1.82, 2.24) is 15.7 Å². The van der Waals surface area contributed by atoms with Crippen molar-refractivity contribution in [1.29, 1.82) is 0 Å². The van der Waals surface area contributed by atoms with E-state index in [0.29, 0.717) is 23.1 Å². The fraction of sp³-hybridized carbons (Fsp3) is 0.167. The largest absolute Gasteiger partial charge is 0.494 e. The standard InChI is InChI=1S/C12H12N3O2/c1-8-5-12(15-7-14-8)17-9-3-4-10(13)11(6-9)16-2/h3-7,13H,1-2H3. The van der Waals surface area contributed by atoms with E-state index in [1.165, 1.54) is 13.4 Å². The first-order valence-electron chi connectivity index (χ1n) is 5.05. The van der Waals surface area contributed by atoms with Gasteiger partial charge in [0.2, 0.25) is 5.88 Å². The van der Waals surface area contributed by atoms with Gasteiger partial charge < -0.3 is 9.47 Å². The van der Waals surface area contributed by atoms with E-state index < -0.39 is 0 Å². The Kier molecular flexibility index (Phi) is 3.09. The fourth-order valence-electron chi connectivity index (χ4n) is 1.34. The van der Waals surface area contributed by atoms with E-state index in [1.807, 2.05) is 6.92 Å². The van der Waals surface area contributed by atoms with Gasteiger partial charge in [-0.15, -0.1) is 0 Å². The molecule has 0 amide bonds. The van der Waals surface area contributed by atoms with Gasteiger partial charge >= 0.3 is 0 Å². The molecule has 0 fully saturated rings. The summed E-state index contributed by atoms with van der Waals surface area (Å²) in [7, 11) is 1.52. The quantitative estimate of drug-likeness (QED) is 0.812. The molecule has 1 N–H and O–H groups in total. The van der Waals surface area contributed by atoms with Crippen LogP contribution in [0.4, 0.5) is 5.69 Å². The number of ether oxygens (including phenoxy) is 2. The summed E-state index contributed by atoms with van der Waals surface area (Å²) in [5, 5.41) is 0. The molecule has 1 aromatic heterocycles. The van der Waals surface area contributed by atoms with Crippen LogP contribution in [0.3, 0.4) is 0 Å². The van der Waals surface area contributed by atoms with Gasteiger partial charge in [0.1, 0.15) is 17.8 Å². The second-order valence-electron chi connectivity index (χ2n) is 3.46. The van der Waals surface area contributed by atoms with Crippen LogP contribution >= 0.6 is 0 Å². The third-order valence-electron chi connectivity index (χ3n) is 2.17. The monoisotopic (exact) mass is 230 g/mol. The lowest BCUT2D eigenvalue weighted by Gasteiger charge is -2.08. The average Bonchev–Trinajstić information content (AvgIpc) is 2.32. The highest BCUT2D eigenvalue weighted by Gasteiger charge is 2.04. The maximum atomic E-state index is 7.58. The molecular formula is C12H12N3O2. The highest BCUT2D eigenvalue weighted by Crippen LogP contribution is 2.29. The minimum absolute atomic E-state index is 0.318. The topological polar surface area (TPSA) is 68.0 Å². The fourth-order valence-corrected chi connectivity index (χ4v) is 1.34. The van der Waals surface area contributed by atoms with Crippen LogP contribution in [0.5, 0.6) is 17.4 Å². The summed E-state index contributed by atoms with van der Waals surface area (Å²) in [5.41, 5.74) is 8.73. The van der Waals surface area contributed by atoms with Crippen LogP contribution in [0.25, 0.3) is 0 Å². The molecule has 1 aromatic carbocycles. The smallest absolute Gasteiger partial charge is 0.222 e. The Bertz CT molecular complexity index is 529. The first kappa shape index (κ1) is 11.2. The maximum absolute atomic E-state index is 7.58. The van der Waals surface area contributed by atoms with Crippen molar-refractivity contribution >= 4 is 5.69 Å². The molecule has 87 valence electrons. The summed E-state index contributed by atoms with van der Waals surface area (Å²) in [5.74, 6) is 1.52. The molecule has 1 radical (unpaired) electrons. The third-order valence-corrected chi connectivity index (χ3v) is 2.17. The van der Waals surface area contributed by atoms with E-state index in [9.17, 15) is 0 Å². The van der Waals surface area contributed by atoms with Crippen molar-refractivity contribution < 1.29 is 9.47 Å². The van der Waals surface area contributed by atoms with Gasteiger partial charge in [0, 0.05) is 17.8 Å². The molecular weight excluding hydrogens is 218 g/mol. The first-order valence-corrected chi connectivity index (χ1v) is 5.05. The van der Waals surface area contributed by atoms with Gasteiger partial charge in [-0.25, -0.2) is 9.97 Å². The van der Waals surface area contributed by atoms with Crippen LogP contribution in [-0.2, 0) is 0 Å². The number of hydrogen-bond acceptors (Lipinski definition) is 4. The van der Waals surface area contributed by atoms with E-state index >= 15 is 0 Å². The van der Waals surface area contributed by atoms with Crippen molar-refractivity contribution in [2.24, 2.45) is 0 Å². The van der Waals surface area contributed by atoms with E-state index in [-0.39, 0.29) is 0 Å². The molecule has 5 nitrogen and oxygen atoms in total. The number of hydrogen-bond donors (Lipinski definition) is 0. The predicted molar refractivity (Wildman–Crippen MR) is 62.6 cm³/mol. The number of nitrogens with zero attached hydrogens (tertiary/aromatic N) is 2. The molecule has 0 bridgehead atoms. The van der Waals surface area contributed by atoms with E-state index in [0.717, 1.165) is 5.69 Å². The van der Waals surface area contributed by atoms with Gasteiger partial charge in [-0.1, -0.05) is 0 Å². The van der Waals surface area contributed by atoms with Crippen LogP contribution in [0.15, 0.2) is 30.6 Å². The lowest BCUT2D eigenvalue weighted by Crippen LogP contribution is -1.92. The van der Waals surface area contributed by atoms with Crippen LogP contribution in [0, 0.1) is 6.92 Å². The zero-order chi connectivity index (χ0) is 12.3. The van der Waals surface area contributed by atoms with Gasteiger partial charge in [0.25, 0.3) is 0 Å². The van der Waals surface area contributed by atoms with Gasteiger partial charge in [-0.3, -0.25) is 5.73 Å². The molecule has 0 atom stereocenters. The summed E-state index contributed by atoms with van der Waals surface area (Å²) in [6.07, 6.45) is 1.45. The van der Waals surface area contributed by atoms with Crippen LogP contribution < -0.4 is 15.2 Å². The molecule has 0 aliphatic rings. The molecule has 2 aromatic rings. The second kappa shape index (κ2) is 4.69. The molecule has 0 aliphatic heterocycles. The SMILES string of the molecule is COc1cc(Oc2cc(C)ncn2)ccc1[NH]. The average molecular weight is 230 g/mol.